The molecule has 0 spiro atoms. The van der Waals surface area contributed by atoms with E-state index >= 15 is 0 Å². The van der Waals surface area contributed by atoms with Gasteiger partial charge in [-0.25, -0.2) is 4.79 Å². The summed E-state index contributed by atoms with van der Waals surface area (Å²) in [5.74, 6) is 0.329. The molecule has 7 nitrogen and oxygen atoms in total. The van der Waals surface area contributed by atoms with E-state index in [-0.39, 0.29) is 11.7 Å². The number of anilines is 1. The second kappa shape index (κ2) is 5.75. The minimum Gasteiger partial charge on any atom is -0.310 e. The summed E-state index contributed by atoms with van der Waals surface area (Å²) in [4.78, 5) is 30.2. The van der Waals surface area contributed by atoms with Crippen molar-refractivity contribution in [1.29, 1.82) is 0 Å². The fourth-order valence-corrected chi connectivity index (χ4v) is 3.01. The Morgan fingerprint density at radius 3 is 2.82 bits per heavy atom. The molecule has 0 aliphatic heterocycles. The van der Waals surface area contributed by atoms with Gasteiger partial charge in [-0.05, 0) is 19.8 Å². The molecule has 1 amide bonds. The summed E-state index contributed by atoms with van der Waals surface area (Å²) in [6.45, 7) is 1.74. The Labute approximate surface area is 127 Å². The fraction of sp³-hybridized carbons (Fsp3) is 0.467. The van der Waals surface area contributed by atoms with Gasteiger partial charge in [-0.1, -0.05) is 12.8 Å². The summed E-state index contributed by atoms with van der Waals surface area (Å²) < 4.78 is 1.67. The van der Waals surface area contributed by atoms with E-state index in [0.717, 1.165) is 18.5 Å². The highest BCUT2D eigenvalue weighted by Gasteiger charge is 2.26. The zero-order valence-corrected chi connectivity index (χ0v) is 12.7. The van der Waals surface area contributed by atoms with Crippen LogP contribution in [-0.4, -0.2) is 25.7 Å². The molecule has 1 aliphatic rings. The molecule has 0 aromatic carbocycles. The molecular weight excluding hydrogens is 282 g/mol. The van der Waals surface area contributed by atoms with Gasteiger partial charge in [0.05, 0.1) is 11.3 Å². The summed E-state index contributed by atoms with van der Waals surface area (Å²) in [7, 11) is 1.81. The molecule has 1 aliphatic carbocycles. The van der Waals surface area contributed by atoms with E-state index in [0.29, 0.717) is 17.2 Å². The number of H-pyrrole nitrogens is 1. The van der Waals surface area contributed by atoms with Crippen LogP contribution in [0.2, 0.25) is 0 Å². The van der Waals surface area contributed by atoms with Gasteiger partial charge < -0.3 is 10.3 Å². The lowest BCUT2D eigenvalue weighted by molar-refractivity contribution is 0.102. The standard InChI is InChI=1S/C15H19N5O2/c1-9-7-12(18-15(22)16-9)17-14(21)11-8-20(2)19-13(11)10-5-3-4-6-10/h7-8,10H,3-6H2,1-2H3,(H2,16,17,18,21,22). The number of aryl methyl sites for hydroxylation is 2. The quantitative estimate of drug-likeness (QED) is 0.902. The van der Waals surface area contributed by atoms with Crippen molar-refractivity contribution in [2.75, 3.05) is 5.32 Å². The van der Waals surface area contributed by atoms with Gasteiger partial charge in [0.1, 0.15) is 5.82 Å². The number of aromatic amines is 1. The number of nitrogens with zero attached hydrogens (tertiary/aromatic N) is 3. The molecule has 1 saturated carbocycles. The Balaban J connectivity index is 1.87. The van der Waals surface area contributed by atoms with Crippen molar-refractivity contribution in [1.82, 2.24) is 19.7 Å². The van der Waals surface area contributed by atoms with Crippen LogP contribution in [0.1, 0.15) is 53.3 Å². The molecule has 0 saturated heterocycles. The van der Waals surface area contributed by atoms with Crippen LogP contribution >= 0.6 is 0 Å². The van der Waals surface area contributed by atoms with Crippen LogP contribution in [0.4, 0.5) is 5.82 Å². The predicted molar refractivity (Wildman–Crippen MR) is 82.0 cm³/mol. The normalized spacial score (nSPS) is 15.2. The van der Waals surface area contributed by atoms with Crippen molar-refractivity contribution in [2.45, 2.75) is 38.5 Å². The average molecular weight is 301 g/mol. The molecule has 1 fully saturated rings. The summed E-state index contributed by atoms with van der Waals surface area (Å²) in [6, 6.07) is 1.63. The Kier molecular flexibility index (Phi) is 3.79. The molecular formula is C15H19N5O2. The summed E-state index contributed by atoms with van der Waals surface area (Å²) in [5, 5.41) is 7.15. The lowest BCUT2D eigenvalue weighted by Gasteiger charge is -2.09. The molecule has 3 rings (SSSR count). The van der Waals surface area contributed by atoms with Gasteiger partial charge in [-0.2, -0.15) is 10.1 Å². The summed E-state index contributed by atoms with van der Waals surface area (Å²) in [6.07, 6.45) is 6.22. The predicted octanol–water partition coefficient (Wildman–Crippen LogP) is 1.72. The van der Waals surface area contributed by atoms with Crippen molar-refractivity contribution >= 4 is 11.7 Å². The van der Waals surface area contributed by atoms with E-state index in [4.69, 9.17) is 0 Å². The number of aromatic nitrogens is 4. The Morgan fingerprint density at radius 2 is 2.14 bits per heavy atom. The third-order valence-electron chi connectivity index (χ3n) is 3.96. The maximum atomic E-state index is 12.5. The highest BCUT2D eigenvalue weighted by Crippen LogP contribution is 2.34. The number of carbonyl (C=O) groups is 1. The molecule has 116 valence electrons. The largest absolute Gasteiger partial charge is 0.347 e. The summed E-state index contributed by atoms with van der Waals surface area (Å²) >= 11 is 0. The Hall–Kier alpha value is -2.44. The van der Waals surface area contributed by atoms with Crippen LogP contribution in [0.3, 0.4) is 0 Å². The van der Waals surface area contributed by atoms with E-state index in [1.165, 1.54) is 12.8 Å². The third-order valence-corrected chi connectivity index (χ3v) is 3.96. The van der Waals surface area contributed by atoms with Gasteiger partial charge in [0.25, 0.3) is 5.91 Å². The van der Waals surface area contributed by atoms with E-state index in [9.17, 15) is 9.59 Å². The Morgan fingerprint density at radius 1 is 1.41 bits per heavy atom. The van der Waals surface area contributed by atoms with Crippen molar-refractivity contribution in [2.24, 2.45) is 7.05 Å². The first-order valence-electron chi connectivity index (χ1n) is 7.46. The fourth-order valence-electron chi connectivity index (χ4n) is 3.01. The molecule has 2 aromatic heterocycles. The molecule has 7 heteroatoms. The number of hydrogen-bond acceptors (Lipinski definition) is 4. The number of hydrogen-bond donors (Lipinski definition) is 2. The van der Waals surface area contributed by atoms with Crippen molar-refractivity contribution < 1.29 is 4.79 Å². The number of rotatable bonds is 3. The van der Waals surface area contributed by atoms with Gasteiger partial charge >= 0.3 is 5.69 Å². The second-order valence-corrected chi connectivity index (χ2v) is 5.79. The average Bonchev–Trinajstić information content (AvgIpc) is 3.05. The molecule has 0 radical (unpaired) electrons. The van der Waals surface area contributed by atoms with E-state index in [1.807, 2.05) is 7.05 Å². The first kappa shape index (κ1) is 14.5. The Bertz CT molecular complexity index is 756. The van der Waals surface area contributed by atoms with Crippen LogP contribution in [0.5, 0.6) is 0 Å². The van der Waals surface area contributed by atoms with Crippen molar-refractivity contribution in [3.05, 3.63) is 39.7 Å². The maximum Gasteiger partial charge on any atom is 0.347 e. The molecule has 2 N–H and O–H groups in total. The van der Waals surface area contributed by atoms with Crippen LogP contribution in [-0.2, 0) is 7.05 Å². The summed E-state index contributed by atoms with van der Waals surface area (Å²) in [5.41, 5.74) is 1.59. The first-order valence-corrected chi connectivity index (χ1v) is 7.46. The van der Waals surface area contributed by atoms with Crippen LogP contribution in [0.25, 0.3) is 0 Å². The zero-order valence-electron chi connectivity index (χ0n) is 12.7. The molecule has 22 heavy (non-hydrogen) atoms. The van der Waals surface area contributed by atoms with Crippen molar-refractivity contribution in [3.8, 4) is 0 Å². The second-order valence-electron chi connectivity index (χ2n) is 5.79. The number of nitrogens with one attached hydrogen (secondary N) is 2. The SMILES string of the molecule is Cc1cc(NC(=O)c2cn(C)nc2C2CCCC2)nc(=O)[nH]1. The van der Waals surface area contributed by atoms with E-state index in [1.54, 1.807) is 23.9 Å². The van der Waals surface area contributed by atoms with Gasteiger partial charge in [0, 0.05) is 30.9 Å². The lowest BCUT2D eigenvalue weighted by atomic mass is 10.0. The first-order chi connectivity index (χ1) is 10.5. The topological polar surface area (TPSA) is 92.7 Å². The van der Waals surface area contributed by atoms with Crippen LogP contribution < -0.4 is 11.0 Å². The molecule has 0 atom stereocenters. The smallest absolute Gasteiger partial charge is 0.310 e. The van der Waals surface area contributed by atoms with Gasteiger partial charge in [-0.15, -0.1) is 0 Å². The highest BCUT2D eigenvalue weighted by atomic mass is 16.2. The lowest BCUT2D eigenvalue weighted by Crippen LogP contribution is -2.19. The van der Waals surface area contributed by atoms with Crippen molar-refractivity contribution in [3.63, 3.8) is 0 Å². The number of amides is 1. The number of carbonyl (C=O) groups excluding carboxylic acids is 1. The van der Waals surface area contributed by atoms with Gasteiger partial charge in [0.2, 0.25) is 0 Å². The monoisotopic (exact) mass is 301 g/mol. The van der Waals surface area contributed by atoms with Crippen LogP contribution in [0, 0.1) is 6.92 Å². The minimum atomic E-state index is -0.475. The zero-order chi connectivity index (χ0) is 15.7. The molecule has 0 unspecified atom stereocenters. The van der Waals surface area contributed by atoms with Gasteiger partial charge in [0.15, 0.2) is 0 Å². The molecule has 2 heterocycles. The molecule has 0 bridgehead atoms. The maximum absolute atomic E-state index is 12.5. The van der Waals surface area contributed by atoms with Crippen LogP contribution in [0.15, 0.2) is 17.1 Å². The molecule has 2 aromatic rings. The minimum absolute atomic E-state index is 0.257. The van der Waals surface area contributed by atoms with E-state index < -0.39 is 5.69 Å². The highest BCUT2D eigenvalue weighted by molar-refractivity contribution is 6.04. The van der Waals surface area contributed by atoms with Gasteiger partial charge in [-0.3, -0.25) is 9.48 Å². The van der Waals surface area contributed by atoms with E-state index in [2.05, 4.69) is 20.4 Å². The third kappa shape index (κ3) is 2.93.